The Labute approximate surface area is 112 Å². The minimum absolute atomic E-state index is 0.435. The summed E-state index contributed by atoms with van der Waals surface area (Å²) < 4.78 is 5.30. The van der Waals surface area contributed by atoms with Gasteiger partial charge >= 0.3 is 6.09 Å². The highest BCUT2D eigenvalue weighted by Crippen LogP contribution is 2.20. The predicted molar refractivity (Wildman–Crippen MR) is 76.5 cm³/mol. The minimum atomic E-state index is -0.435. The third-order valence-electron chi connectivity index (χ3n) is 2.86. The monoisotopic (exact) mass is 256 g/mol. The predicted octanol–water partition coefficient (Wildman–Crippen LogP) is 3.21. The molecule has 0 heterocycles. The van der Waals surface area contributed by atoms with E-state index in [9.17, 15) is 4.79 Å². The zero-order chi connectivity index (χ0) is 13.8. The molecule has 4 nitrogen and oxygen atoms in total. The van der Waals surface area contributed by atoms with Crippen LogP contribution < -0.4 is 15.4 Å². The first kappa shape index (κ1) is 13.0. The normalized spacial score (nSPS) is 10.0. The highest BCUT2D eigenvalue weighted by molar-refractivity contribution is 5.88. The number of ether oxygens (including phenoxy) is 1. The standard InChI is InChI=1S/C15H16N2O2/c1-11-10-13(8-9-14(11)16)19-15(18)17(2)12-6-4-3-5-7-12/h3-10H,16H2,1-2H3. The van der Waals surface area contributed by atoms with E-state index in [-0.39, 0.29) is 0 Å². The summed E-state index contributed by atoms with van der Waals surface area (Å²) >= 11 is 0. The third kappa shape index (κ3) is 3.04. The molecule has 0 spiro atoms. The van der Waals surface area contributed by atoms with Crippen molar-refractivity contribution in [3.05, 3.63) is 54.1 Å². The van der Waals surface area contributed by atoms with Crippen LogP contribution in [0.15, 0.2) is 48.5 Å². The van der Waals surface area contributed by atoms with Crippen molar-refractivity contribution >= 4 is 17.5 Å². The summed E-state index contributed by atoms with van der Waals surface area (Å²) in [6, 6.07) is 14.5. The molecule has 98 valence electrons. The molecule has 2 N–H and O–H groups in total. The third-order valence-corrected chi connectivity index (χ3v) is 2.86. The summed E-state index contributed by atoms with van der Waals surface area (Å²) in [6.45, 7) is 1.87. The molecule has 0 aliphatic carbocycles. The van der Waals surface area contributed by atoms with Gasteiger partial charge in [-0.3, -0.25) is 4.90 Å². The van der Waals surface area contributed by atoms with E-state index in [1.165, 1.54) is 4.90 Å². The minimum Gasteiger partial charge on any atom is -0.410 e. The Bertz CT molecular complexity index is 582. The topological polar surface area (TPSA) is 55.6 Å². The lowest BCUT2D eigenvalue weighted by atomic mass is 10.2. The first-order chi connectivity index (χ1) is 9.08. The Balaban J connectivity index is 2.10. The lowest BCUT2D eigenvalue weighted by Gasteiger charge is -2.17. The number of nitrogens with zero attached hydrogens (tertiary/aromatic N) is 1. The van der Waals surface area contributed by atoms with Gasteiger partial charge in [0, 0.05) is 18.4 Å². The van der Waals surface area contributed by atoms with Gasteiger partial charge in [0.25, 0.3) is 0 Å². The average molecular weight is 256 g/mol. The van der Waals surface area contributed by atoms with Crippen LogP contribution in [0.1, 0.15) is 5.56 Å². The van der Waals surface area contributed by atoms with E-state index in [0.717, 1.165) is 11.3 Å². The zero-order valence-electron chi connectivity index (χ0n) is 11.0. The molecule has 0 bridgehead atoms. The molecule has 19 heavy (non-hydrogen) atoms. The number of carbonyl (C=O) groups excluding carboxylic acids is 1. The van der Waals surface area contributed by atoms with Gasteiger partial charge in [0.15, 0.2) is 0 Å². The van der Waals surface area contributed by atoms with E-state index >= 15 is 0 Å². The number of anilines is 2. The smallest absolute Gasteiger partial charge is 0.410 e. The van der Waals surface area contributed by atoms with Gasteiger partial charge in [-0.15, -0.1) is 0 Å². The molecule has 0 radical (unpaired) electrons. The summed E-state index contributed by atoms with van der Waals surface area (Å²) in [5.41, 5.74) is 8.06. The number of nitrogen functional groups attached to an aromatic ring is 1. The van der Waals surface area contributed by atoms with Crippen molar-refractivity contribution in [2.75, 3.05) is 17.7 Å². The van der Waals surface area contributed by atoms with Crippen LogP contribution in [0.4, 0.5) is 16.2 Å². The highest BCUT2D eigenvalue weighted by atomic mass is 16.6. The number of aryl methyl sites for hydroxylation is 1. The van der Waals surface area contributed by atoms with E-state index in [0.29, 0.717) is 11.4 Å². The molecule has 2 aromatic carbocycles. The fraction of sp³-hybridized carbons (Fsp3) is 0.133. The SMILES string of the molecule is Cc1cc(OC(=O)N(C)c2ccccc2)ccc1N. The Morgan fingerprint density at radius 2 is 1.84 bits per heavy atom. The molecule has 0 fully saturated rings. The van der Waals surface area contributed by atoms with Crippen molar-refractivity contribution in [3.63, 3.8) is 0 Å². The lowest BCUT2D eigenvalue weighted by molar-refractivity contribution is 0.209. The maximum atomic E-state index is 12.0. The largest absolute Gasteiger partial charge is 0.419 e. The molecular weight excluding hydrogens is 240 g/mol. The van der Waals surface area contributed by atoms with Crippen molar-refractivity contribution in [1.82, 2.24) is 0 Å². The van der Waals surface area contributed by atoms with Gasteiger partial charge in [0.2, 0.25) is 0 Å². The maximum Gasteiger partial charge on any atom is 0.419 e. The van der Waals surface area contributed by atoms with Gasteiger partial charge in [0.1, 0.15) is 5.75 Å². The fourth-order valence-corrected chi connectivity index (χ4v) is 1.64. The molecule has 0 atom stereocenters. The van der Waals surface area contributed by atoms with Gasteiger partial charge in [-0.05, 0) is 42.8 Å². The molecule has 0 aliphatic rings. The lowest BCUT2D eigenvalue weighted by Crippen LogP contribution is -2.29. The van der Waals surface area contributed by atoms with Crippen LogP contribution in [-0.4, -0.2) is 13.1 Å². The number of benzene rings is 2. The summed E-state index contributed by atoms with van der Waals surface area (Å²) in [5, 5.41) is 0. The van der Waals surface area contributed by atoms with Gasteiger partial charge in [-0.1, -0.05) is 18.2 Å². The van der Waals surface area contributed by atoms with Crippen LogP contribution in [0.5, 0.6) is 5.75 Å². The Morgan fingerprint density at radius 3 is 2.47 bits per heavy atom. The maximum absolute atomic E-state index is 12.0. The van der Waals surface area contributed by atoms with Gasteiger partial charge in [0.05, 0.1) is 0 Å². The molecule has 0 saturated heterocycles. The Hall–Kier alpha value is -2.49. The van der Waals surface area contributed by atoms with Crippen LogP contribution >= 0.6 is 0 Å². The number of amides is 1. The van der Waals surface area contributed by atoms with Gasteiger partial charge in [-0.2, -0.15) is 0 Å². The number of hydrogen-bond acceptors (Lipinski definition) is 3. The summed E-state index contributed by atoms with van der Waals surface area (Å²) in [7, 11) is 1.67. The fourth-order valence-electron chi connectivity index (χ4n) is 1.64. The number of rotatable bonds is 2. The Morgan fingerprint density at radius 1 is 1.16 bits per heavy atom. The van der Waals surface area contributed by atoms with Crippen molar-refractivity contribution < 1.29 is 9.53 Å². The van der Waals surface area contributed by atoms with E-state index in [2.05, 4.69) is 0 Å². The molecule has 4 heteroatoms. The van der Waals surface area contributed by atoms with Crippen LogP contribution in [0.3, 0.4) is 0 Å². The van der Waals surface area contributed by atoms with Crippen molar-refractivity contribution in [2.45, 2.75) is 6.92 Å². The van der Waals surface area contributed by atoms with Crippen molar-refractivity contribution in [2.24, 2.45) is 0 Å². The first-order valence-electron chi connectivity index (χ1n) is 5.94. The van der Waals surface area contributed by atoms with Crippen LogP contribution in [-0.2, 0) is 0 Å². The van der Waals surface area contributed by atoms with Crippen LogP contribution in [0.2, 0.25) is 0 Å². The van der Waals surface area contributed by atoms with Crippen molar-refractivity contribution in [1.29, 1.82) is 0 Å². The number of nitrogens with two attached hydrogens (primary N) is 1. The second kappa shape index (κ2) is 5.44. The summed E-state index contributed by atoms with van der Waals surface area (Å²) in [4.78, 5) is 13.4. The Kier molecular flexibility index (Phi) is 3.71. The first-order valence-corrected chi connectivity index (χ1v) is 5.94. The molecule has 0 aromatic heterocycles. The number of para-hydroxylation sites is 1. The molecular formula is C15H16N2O2. The van der Waals surface area contributed by atoms with Gasteiger partial charge in [-0.25, -0.2) is 4.79 Å². The number of carbonyl (C=O) groups is 1. The average Bonchev–Trinajstić information content (AvgIpc) is 2.43. The highest BCUT2D eigenvalue weighted by Gasteiger charge is 2.13. The van der Waals surface area contributed by atoms with Crippen LogP contribution in [0, 0.1) is 6.92 Å². The molecule has 0 unspecified atom stereocenters. The molecule has 1 amide bonds. The van der Waals surface area contributed by atoms with E-state index in [4.69, 9.17) is 10.5 Å². The van der Waals surface area contributed by atoms with E-state index < -0.39 is 6.09 Å². The van der Waals surface area contributed by atoms with E-state index in [1.54, 1.807) is 25.2 Å². The summed E-state index contributed by atoms with van der Waals surface area (Å²) in [6.07, 6.45) is -0.435. The van der Waals surface area contributed by atoms with Crippen molar-refractivity contribution in [3.8, 4) is 5.75 Å². The number of hydrogen-bond donors (Lipinski definition) is 1. The molecule has 2 rings (SSSR count). The zero-order valence-corrected chi connectivity index (χ0v) is 11.0. The molecule has 0 saturated carbocycles. The summed E-state index contributed by atoms with van der Waals surface area (Å²) in [5.74, 6) is 0.486. The van der Waals surface area contributed by atoms with E-state index in [1.807, 2.05) is 37.3 Å². The molecule has 2 aromatic rings. The second-order valence-electron chi connectivity index (χ2n) is 4.28. The van der Waals surface area contributed by atoms with Gasteiger partial charge < -0.3 is 10.5 Å². The molecule has 0 aliphatic heterocycles. The quantitative estimate of drug-likeness (QED) is 0.839. The second-order valence-corrected chi connectivity index (χ2v) is 4.28. The van der Waals surface area contributed by atoms with Crippen LogP contribution in [0.25, 0.3) is 0 Å².